The number of ether oxygens (including phenoxy) is 1. The van der Waals surface area contributed by atoms with E-state index >= 15 is 0 Å². The molecule has 1 saturated carbocycles. The lowest BCUT2D eigenvalue weighted by Gasteiger charge is -2.21. The number of aliphatic hydroxyl groups excluding tert-OH is 3. The van der Waals surface area contributed by atoms with Gasteiger partial charge in [0.05, 0.1) is 24.4 Å². The Kier molecular flexibility index (Phi) is 9.09. The van der Waals surface area contributed by atoms with Crippen LogP contribution in [0.25, 0.3) is 0 Å². The Morgan fingerprint density at radius 2 is 1.75 bits per heavy atom. The molecule has 32 heavy (non-hydrogen) atoms. The molecule has 1 aromatic carbocycles. The molecule has 0 amide bonds. The van der Waals surface area contributed by atoms with Crippen molar-refractivity contribution >= 4 is 5.97 Å². The van der Waals surface area contributed by atoms with Crippen LogP contribution in [0, 0.1) is 17.8 Å². The summed E-state index contributed by atoms with van der Waals surface area (Å²) in [6, 6.07) is 8.32. The second-order valence-electron chi connectivity index (χ2n) is 9.55. The van der Waals surface area contributed by atoms with Crippen molar-refractivity contribution in [2.45, 2.75) is 83.2 Å². The highest BCUT2D eigenvalue weighted by atomic mass is 16.5. The quantitative estimate of drug-likeness (QED) is 0.380. The molecule has 0 unspecified atom stereocenters. The Morgan fingerprint density at radius 3 is 2.41 bits per heavy atom. The fourth-order valence-electron chi connectivity index (χ4n) is 5.06. The van der Waals surface area contributed by atoms with Crippen LogP contribution in [0.3, 0.4) is 0 Å². The van der Waals surface area contributed by atoms with Gasteiger partial charge in [-0.3, -0.25) is 4.79 Å². The lowest BCUT2D eigenvalue weighted by atomic mass is 9.88. The van der Waals surface area contributed by atoms with Crippen LogP contribution in [0.1, 0.15) is 57.1 Å². The van der Waals surface area contributed by atoms with E-state index < -0.39 is 18.3 Å². The fraction of sp³-hybridized carbons (Fsp3) is 0.593. The number of allylic oxidation sites excluding steroid dienone is 2. The minimum Gasteiger partial charge on any atom is -0.463 e. The lowest BCUT2D eigenvalue weighted by molar-refractivity contribution is -0.147. The van der Waals surface area contributed by atoms with Crippen molar-refractivity contribution in [2.24, 2.45) is 17.8 Å². The average Bonchev–Trinajstić information content (AvgIpc) is 3.29. The maximum atomic E-state index is 11.6. The Hall–Kier alpha value is -1.95. The molecule has 0 heterocycles. The third-order valence-corrected chi connectivity index (χ3v) is 6.73. The summed E-state index contributed by atoms with van der Waals surface area (Å²) >= 11 is 0. The van der Waals surface area contributed by atoms with E-state index in [0.29, 0.717) is 19.3 Å². The van der Waals surface area contributed by atoms with Gasteiger partial charge in [0, 0.05) is 18.8 Å². The van der Waals surface area contributed by atoms with E-state index in [2.05, 4.69) is 12.1 Å². The van der Waals surface area contributed by atoms with Crippen LogP contribution in [0.2, 0.25) is 0 Å². The van der Waals surface area contributed by atoms with Crippen LogP contribution in [0.15, 0.2) is 48.6 Å². The first kappa shape index (κ1) is 24.7. The van der Waals surface area contributed by atoms with Crippen molar-refractivity contribution in [3.8, 4) is 0 Å². The number of esters is 1. The maximum absolute atomic E-state index is 11.6. The molecule has 5 atom stereocenters. The minimum absolute atomic E-state index is 0.0372. The van der Waals surface area contributed by atoms with E-state index in [1.54, 1.807) is 0 Å². The summed E-state index contributed by atoms with van der Waals surface area (Å²) in [5.41, 5.74) is 2.62. The second-order valence-corrected chi connectivity index (χ2v) is 9.55. The fourth-order valence-corrected chi connectivity index (χ4v) is 5.06. The van der Waals surface area contributed by atoms with E-state index in [1.165, 1.54) is 11.1 Å². The van der Waals surface area contributed by atoms with Crippen molar-refractivity contribution in [1.29, 1.82) is 0 Å². The molecular formula is C27H38O5. The largest absolute Gasteiger partial charge is 0.463 e. The molecule has 176 valence electrons. The van der Waals surface area contributed by atoms with Crippen molar-refractivity contribution < 1.29 is 24.9 Å². The number of fused-ring (bicyclic) bond motifs is 1. The Morgan fingerprint density at radius 1 is 1.09 bits per heavy atom. The molecule has 5 nitrogen and oxygen atoms in total. The molecule has 0 spiro atoms. The average molecular weight is 443 g/mol. The first-order valence-electron chi connectivity index (χ1n) is 12.0. The zero-order valence-corrected chi connectivity index (χ0v) is 19.3. The number of aliphatic hydroxyl groups is 3. The highest BCUT2D eigenvalue weighted by Gasteiger charge is 2.39. The smallest absolute Gasteiger partial charge is 0.306 e. The van der Waals surface area contributed by atoms with Crippen molar-refractivity contribution in [1.82, 2.24) is 0 Å². The van der Waals surface area contributed by atoms with Crippen LogP contribution < -0.4 is 0 Å². The van der Waals surface area contributed by atoms with Crippen LogP contribution in [0.4, 0.5) is 0 Å². The van der Waals surface area contributed by atoms with Crippen molar-refractivity contribution in [3.63, 3.8) is 0 Å². The molecule has 3 rings (SSSR count). The van der Waals surface area contributed by atoms with Gasteiger partial charge < -0.3 is 20.1 Å². The minimum atomic E-state index is -0.589. The normalized spacial score (nSPS) is 26.9. The molecule has 2 aliphatic rings. The van der Waals surface area contributed by atoms with E-state index in [9.17, 15) is 20.1 Å². The number of benzene rings is 1. The molecule has 1 aromatic rings. The zero-order chi connectivity index (χ0) is 23.1. The Labute approximate surface area is 191 Å². The predicted molar refractivity (Wildman–Crippen MR) is 125 cm³/mol. The Bertz CT molecular complexity index is 774. The van der Waals surface area contributed by atoms with Gasteiger partial charge in [-0.1, -0.05) is 48.6 Å². The van der Waals surface area contributed by atoms with E-state index in [0.717, 1.165) is 25.7 Å². The lowest BCUT2D eigenvalue weighted by Crippen LogP contribution is -2.22. The van der Waals surface area contributed by atoms with Gasteiger partial charge in [-0.15, -0.1) is 0 Å². The van der Waals surface area contributed by atoms with Gasteiger partial charge in [-0.2, -0.15) is 0 Å². The summed E-state index contributed by atoms with van der Waals surface area (Å²) < 4.78 is 5.12. The summed E-state index contributed by atoms with van der Waals surface area (Å²) in [6.07, 6.45) is 10.6. The SMILES string of the molecule is CC(C)OC(=O)CC/C=C\CC[C@@H]1[C@@H](/C=C/[C@@H](O)C2Cc3ccccc3C2)[C@H](O)C[C@@H]1O. The third-order valence-electron chi connectivity index (χ3n) is 6.73. The zero-order valence-electron chi connectivity index (χ0n) is 19.3. The number of carbonyl (C=O) groups is 1. The highest BCUT2D eigenvalue weighted by Crippen LogP contribution is 2.37. The molecule has 0 radical (unpaired) electrons. The molecule has 0 saturated heterocycles. The molecule has 0 bridgehead atoms. The van der Waals surface area contributed by atoms with Gasteiger partial charge in [0.25, 0.3) is 0 Å². The van der Waals surface area contributed by atoms with Gasteiger partial charge in [-0.05, 0) is 68.9 Å². The summed E-state index contributed by atoms with van der Waals surface area (Å²) in [7, 11) is 0. The molecule has 3 N–H and O–H groups in total. The monoisotopic (exact) mass is 442 g/mol. The summed E-state index contributed by atoms with van der Waals surface area (Å²) in [5.74, 6) is -0.216. The second kappa shape index (κ2) is 11.8. The van der Waals surface area contributed by atoms with Crippen LogP contribution in [-0.2, 0) is 22.4 Å². The van der Waals surface area contributed by atoms with Crippen molar-refractivity contribution in [3.05, 3.63) is 59.7 Å². The predicted octanol–water partition coefficient (Wildman–Crippen LogP) is 3.74. The molecule has 2 aliphatic carbocycles. The first-order chi connectivity index (χ1) is 15.3. The van der Waals surface area contributed by atoms with Crippen LogP contribution in [0.5, 0.6) is 0 Å². The number of hydrogen-bond donors (Lipinski definition) is 3. The van der Waals surface area contributed by atoms with E-state index in [1.807, 2.05) is 50.3 Å². The van der Waals surface area contributed by atoms with Gasteiger partial charge in [-0.25, -0.2) is 0 Å². The van der Waals surface area contributed by atoms with Gasteiger partial charge in [0.1, 0.15) is 0 Å². The molecule has 1 fully saturated rings. The van der Waals surface area contributed by atoms with Gasteiger partial charge in [0.15, 0.2) is 0 Å². The standard InChI is InChI=1S/C27H38O5/c1-18(2)32-27(31)12-6-4-3-5-11-22-23(26(30)17-25(22)29)13-14-24(28)21-15-19-9-7-8-10-20(19)16-21/h3-4,7-10,13-14,18,21-26,28-30H,5-6,11-12,15-17H2,1-2H3/b4-3-,14-13+/t22-,23-,24-,25+,26-/m1/s1. The van der Waals surface area contributed by atoms with Gasteiger partial charge in [0.2, 0.25) is 0 Å². The maximum Gasteiger partial charge on any atom is 0.306 e. The Balaban J connectivity index is 1.46. The summed E-state index contributed by atoms with van der Waals surface area (Å²) in [5, 5.41) is 31.6. The molecule has 0 aromatic heterocycles. The number of hydrogen-bond acceptors (Lipinski definition) is 5. The molecule has 5 heteroatoms. The summed E-state index contributed by atoms with van der Waals surface area (Å²) in [6.45, 7) is 3.68. The van der Waals surface area contributed by atoms with Crippen LogP contribution in [-0.4, -0.2) is 45.7 Å². The number of rotatable bonds is 10. The first-order valence-corrected chi connectivity index (χ1v) is 12.0. The third kappa shape index (κ3) is 6.77. The van der Waals surface area contributed by atoms with Crippen LogP contribution >= 0.6 is 0 Å². The van der Waals surface area contributed by atoms with E-state index in [4.69, 9.17) is 4.74 Å². The molecular weight excluding hydrogens is 404 g/mol. The van der Waals surface area contributed by atoms with Gasteiger partial charge >= 0.3 is 5.97 Å². The topological polar surface area (TPSA) is 87.0 Å². The number of carbonyl (C=O) groups excluding carboxylic acids is 1. The van der Waals surface area contributed by atoms with Crippen molar-refractivity contribution in [2.75, 3.05) is 0 Å². The highest BCUT2D eigenvalue weighted by molar-refractivity contribution is 5.69. The summed E-state index contributed by atoms with van der Waals surface area (Å²) in [4.78, 5) is 11.6. The molecule has 0 aliphatic heterocycles. The van der Waals surface area contributed by atoms with E-state index in [-0.39, 0.29) is 29.8 Å².